The fourth-order valence-corrected chi connectivity index (χ4v) is 2.93. The van der Waals surface area contributed by atoms with E-state index in [2.05, 4.69) is 21.2 Å². The molecule has 4 heterocycles. The van der Waals surface area contributed by atoms with Crippen molar-refractivity contribution in [3.63, 3.8) is 0 Å². The molecule has 0 amide bonds. The van der Waals surface area contributed by atoms with E-state index in [1.807, 2.05) is 43.3 Å². The summed E-state index contributed by atoms with van der Waals surface area (Å²) < 4.78 is 11.5. The van der Waals surface area contributed by atoms with Gasteiger partial charge in [0.25, 0.3) is 0 Å². The van der Waals surface area contributed by atoms with E-state index >= 15 is 0 Å². The number of nitrogens with zero attached hydrogens (tertiary/aromatic N) is 2. The summed E-state index contributed by atoms with van der Waals surface area (Å²) in [5.74, 6) is 0.803. The van der Waals surface area contributed by atoms with Crippen LogP contribution in [0.4, 0.5) is 0 Å². The summed E-state index contributed by atoms with van der Waals surface area (Å²) in [6.07, 6.45) is 3.46. The van der Waals surface area contributed by atoms with Crippen LogP contribution in [0.1, 0.15) is 5.69 Å². The molecule has 116 valence electrons. The molecule has 4 aromatic heterocycles. The van der Waals surface area contributed by atoms with Gasteiger partial charge < -0.3 is 8.83 Å². The zero-order valence-corrected chi connectivity index (χ0v) is 12.9. The topological polar surface area (TPSA) is 67.8 Å². The number of H-pyrrole nitrogens is 1. The second-order valence-electron chi connectivity index (χ2n) is 5.81. The van der Waals surface area contributed by atoms with Gasteiger partial charge in [0.2, 0.25) is 0 Å². The zero-order chi connectivity index (χ0) is 16.1. The molecule has 5 heteroatoms. The maximum atomic E-state index is 6.01. The highest BCUT2D eigenvalue weighted by Gasteiger charge is 2.11. The Balaban J connectivity index is 1.64. The van der Waals surface area contributed by atoms with E-state index in [0.29, 0.717) is 0 Å². The van der Waals surface area contributed by atoms with Gasteiger partial charge in [0, 0.05) is 28.6 Å². The summed E-state index contributed by atoms with van der Waals surface area (Å²) >= 11 is 0. The molecule has 5 nitrogen and oxygen atoms in total. The lowest BCUT2D eigenvalue weighted by Gasteiger charge is -2.00. The molecule has 0 unspecified atom stereocenters. The van der Waals surface area contributed by atoms with Crippen LogP contribution < -0.4 is 0 Å². The van der Waals surface area contributed by atoms with Gasteiger partial charge in [-0.15, -0.1) is 0 Å². The largest absolute Gasteiger partial charge is 0.464 e. The van der Waals surface area contributed by atoms with Crippen LogP contribution in [0.5, 0.6) is 0 Å². The standard InChI is InChI=1S/C19H13N3O2/c1-11-6-16(22-21-11)15-8-12(2-4-20-15)18-9-14-7-13-3-5-23-17(13)10-19(14)24-18/h2-10H,1H3,(H,21,22). The molecule has 0 aliphatic carbocycles. The summed E-state index contributed by atoms with van der Waals surface area (Å²) in [5, 5.41) is 9.26. The number of aromatic nitrogens is 3. The van der Waals surface area contributed by atoms with Crippen LogP contribution in [-0.4, -0.2) is 15.2 Å². The third-order valence-corrected chi connectivity index (χ3v) is 4.12. The molecule has 0 aliphatic heterocycles. The molecule has 0 aliphatic rings. The van der Waals surface area contributed by atoms with Gasteiger partial charge >= 0.3 is 0 Å². The van der Waals surface area contributed by atoms with Crippen LogP contribution in [0.3, 0.4) is 0 Å². The van der Waals surface area contributed by atoms with E-state index < -0.39 is 0 Å². The van der Waals surface area contributed by atoms with Gasteiger partial charge in [-0.25, -0.2) is 0 Å². The van der Waals surface area contributed by atoms with Gasteiger partial charge in [-0.05, 0) is 43.3 Å². The van der Waals surface area contributed by atoms with E-state index in [0.717, 1.165) is 50.3 Å². The first-order valence-electron chi connectivity index (χ1n) is 7.66. The van der Waals surface area contributed by atoms with Gasteiger partial charge in [0.1, 0.15) is 16.9 Å². The van der Waals surface area contributed by atoms with Crippen LogP contribution in [0, 0.1) is 6.92 Å². The van der Waals surface area contributed by atoms with E-state index in [4.69, 9.17) is 8.83 Å². The Hall–Kier alpha value is -3.34. The maximum Gasteiger partial charge on any atom is 0.138 e. The molecule has 0 bridgehead atoms. The fraction of sp³-hybridized carbons (Fsp3) is 0.0526. The van der Waals surface area contributed by atoms with Crippen LogP contribution in [0.2, 0.25) is 0 Å². The molecule has 0 saturated carbocycles. The van der Waals surface area contributed by atoms with Gasteiger partial charge in [-0.2, -0.15) is 5.10 Å². The highest BCUT2D eigenvalue weighted by atomic mass is 16.3. The number of rotatable bonds is 2. The molecular weight excluding hydrogens is 302 g/mol. The Kier molecular flexibility index (Phi) is 2.64. The van der Waals surface area contributed by atoms with Crippen LogP contribution in [0.25, 0.3) is 44.7 Å². The summed E-state index contributed by atoms with van der Waals surface area (Å²) in [5.41, 5.74) is 5.27. The number of fused-ring (bicyclic) bond motifs is 2. The average Bonchev–Trinajstić information content (AvgIpc) is 3.31. The third-order valence-electron chi connectivity index (χ3n) is 4.12. The lowest BCUT2D eigenvalue weighted by molar-refractivity contribution is 0.610. The zero-order valence-electron chi connectivity index (χ0n) is 12.9. The number of pyridine rings is 1. The minimum absolute atomic E-state index is 0.803. The molecule has 24 heavy (non-hydrogen) atoms. The number of hydrogen-bond donors (Lipinski definition) is 1. The Bertz CT molecular complexity index is 1130. The van der Waals surface area contributed by atoms with Gasteiger partial charge in [0.05, 0.1) is 23.3 Å². The lowest BCUT2D eigenvalue weighted by Crippen LogP contribution is -1.84. The predicted octanol–water partition coefficient (Wildman–Crippen LogP) is 4.94. The molecule has 0 atom stereocenters. The first kappa shape index (κ1) is 13.1. The van der Waals surface area contributed by atoms with Crippen molar-refractivity contribution in [3.8, 4) is 22.7 Å². The quantitative estimate of drug-likeness (QED) is 0.501. The molecule has 0 radical (unpaired) electrons. The Morgan fingerprint density at radius 3 is 2.79 bits per heavy atom. The van der Waals surface area contributed by atoms with Crippen LogP contribution in [0.15, 0.2) is 63.8 Å². The average molecular weight is 315 g/mol. The normalized spacial score (nSPS) is 11.5. The molecule has 5 rings (SSSR count). The Labute approximate surface area is 136 Å². The number of furan rings is 2. The van der Waals surface area contributed by atoms with Gasteiger partial charge in [-0.1, -0.05) is 0 Å². The third kappa shape index (κ3) is 2.02. The molecule has 0 spiro atoms. The van der Waals surface area contributed by atoms with Crippen LogP contribution in [-0.2, 0) is 0 Å². The van der Waals surface area contributed by atoms with Crippen molar-refractivity contribution in [2.75, 3.05) is 0 Å². The second-order valence-corrected chi connectivity index (χ2v) is 5.81. The molecule has 5 aromatic rings. The van der Waals surface area contributed by atoms with Crippen molar-refractivity contribution in [2.45, 2.75) is 6.92 Å². The van der Waals surface area contributed by atoms with Crippen molar-refractivity contribution in [3.05, 3.63) is 60.6 Å². The Morgan fingerprint density at radius 2 is 1.92 bits per heavy atom. The van der Waals surface area contributed by atoms with Crippen LogP contribution >= 0.6 is 0 Å². The van der Waals surface area contributed by atoms with Crippen molar-refractivity contribution < 1.29 is 8.83 Å². The Morgan fingerprint density at radius 1 is 0.958 bits per heavy atom. The van der Waals surface area contributed by atoms with Gasteiger partial charge in [-0.3, -0.25) is 10.1 Å². The molecule has 1 aromatic carbocycles. The smallest absolute Gasteiger partial charge is 0.138 e. The van der Waals surface area contributed by atoms with Crippen molar-refractivity contribution in [1.29, 1.82) is 0 Å². The highest BCUT2D eigenvalue weighted by Crippen LogP contribution is 2.32. The molecular formula is C19H13N3O2. The predicted molar refractivity (Wildman–Crippen MR) is 91.5 cm³/mol. The van der Waals surface area contributed by atoms with E-state index in [-0.39, 0.29) is 0 Å². The molecule has 1 N–H and O–H groups in total. The molecule has 0 fully saturated rings. The number of benzene rings is 1. The SMILES string of the molecule is Cc1cc(-c2cc(-c3cc4cc5ccoc5cc4o3)ccn2)[nH]n1. The summed E-state index contributed by atoms with van der Waals surface area (Å²) in [4.78, 5) is 4.41. The van der Waals surface area contributed by atoms with Crippen molar-refractivity contribution >= 4 is 21.9 Å². The highest BCUT2D eigenvalue weighted by molar-refractivity contribution is 5.95. The maximum absolute atomic E-state index is 6.01. The lowest BCUT2D eigenvalue weighted by atomic mass is 10.1. The number of nitrogens with one attached hydrogen (secondary N) is 1. The molecule has 0 saturated heterocycles. The summed E-state index contributed by atoms with van der Waals surface area (Å²) in [6.45, 7) is 1.94. The first-order chi connectivity index (χ1) is 11.8. The van der Waals surface area contributed by atoms with E-state index in [1.54, 1.807) is 12.5 Å². The first-order valence-corrected chi connectivity index (χ1v) is 7.66. The monoisotopic (exact) mass is 315 g/mol. The van der Waals surface area contributed by atoms with Crippen molar-refractivity contribution in [2.24, 2.45) is 0 Å². The minimum atomic E-state index is 0.803. The van der Waals surface area contributed by atoms with Crippen molar-refractivity contribution in [1.82, 2.24) is 15.2 Å². The van der Waals surface area contributed by atoms with E-state index in [9.17, 15) is 0 Å². The van der Waals surface area contributed by atoms with E-state index in [1.165, 1.54) is 0 Å². The summed E-state index contributed by atoms with van der Waals surface area (Å²) in [7, 11) is 0. The number of aromatic amines is 1. The van der Waals surface area contributed by atoms with Gasteiger partial charge in [0.15, 0.2) is 0 Å². The fourth-order valence-electron chi connectivity index (χ4n) is 2.93. The number of aryl methyl sites for hydroxylation is 1. The number of hydrogen-bond acceptors (Lipinski definition) is 4. The summed E-state index contributed by atoms with van der Waals surface area (Å²) in [6, 6.07) is 13.9. The second kappa shape index (κ2) is 4.83. The minimum Gasteiger partial charge on any atom is -0.464 e.